The van der Waals surface area contributed by atoms with Gasteiger partial charge < -0.3 is 36.8 Å². The van der Waals surface area contributed by atoms with Crippen LogP contribution in [0.15, 0.2) is 0 Å². The van der Waals surface area contributed by atoms with Gasteiger partial charge in [-0.2, -0.15) is 0 Å². The van der Waals surface area contributed by atoms with Crippen molar-refractivity contribution in [3.63, 3.8) is 0 Å². The summed E-state index contributed by atoms with van der Waals surface area (Å²) in [6, 6.07) is 0. The van der Waals surface area contributed by atoms with Gasteiger partial charge >= 0.3 is 65.4 Å². The van der Waals surface area contributed by atoms with Crippen LogP contribution in [0.3, 0.4) is 0 Å². The van der Waals surface area contributed by atoms with Gasteiger partial charge in [-0.3, -0.25) is 19.2 Å². The van der Waals surface area contributed by atoms with Crippen LogP contribution in [-0.2, 0) is 33.5 Å². The predicted octanol–water partition coefficient (Wildman–Crippen LogP) is -4.90. The zero-order chi connectivity index (χ0) is 20.0. The van der Waals surface area contributed by atoms with Crippen molar-refractivity contribution in [1.29, 1.82) is 0 Å². The monoisotopic (exact) mass is 390 g/mol. The second-order valence-electron chi connectivity index (χ2n) is 5.00. The minimum absolute atomic E-state index is 0. The van der Waals surface area contributed by atoms with E-state index in [1.165, 1.54) is 0 Å². The number of hydrogen-bond acceptors (Lipinski definition) is 8. The summed E-state index contributed by atoms with van der Waals surface area (Å²) in [7, 11) is 0. The molecule has 0 fully saturated rings. The third-order valence-corrected chi connectivity index (χ3v) is 2.85. The molecule has 0 aromatic carbocycles. The van der Waals surface area contributed by atoms with Crippen LogP contribution in [0.25, 0.3) is 0 Å². The number of rotatable bonds is 11. The van der Waals surface area contributed by atoms with E-state index in [2.05, 4.69) is 4.74 Å². The van der Waals surface area contributed by atoms with Crippen LogP contribution in [-0.4, -0.2) is 77.7 Å². The molecule has 0 rings (SSSR count). The van der Waals surface area contributed by atoms with E-state index in [1.807, 2.05) is 0 Å². The van der Waals surface area contributed by atoms with Gasteiger partial charge in [0.2, 0.25) is 5.60 Å². The van der Waals surface area contributed by atoms with Gasteiger partial charge in [0.25, 0.3) is 0 Å². The van der Waals surface area contributed by atoms with Crippen LogP contribution < -0.4 is 29.6 Å². The molecule has 13 nitrogen and oxygen atoms in total. The van der Waals surface area contributed by atoms with Gasteiger partial charge in [-0.1, -0.05) is 0 Å². The molecule has 14 heteroatoms. The molecule has 0 spiro atoms. The van der Waals surface area contributed by atoms with Crippen molar-refractivity contribution in [1.82, 2.24) is 0 Å². The van der Waals surface area contributed by atoms with Gasteiger partial charge in [0.15, 0.2) is 5.60 Å². The molecule has 0 aliphatic heterocycles. The zero-order valence-corrected chi connectivity index (χ0v) is 15.4. The molecule has 0 radical (unpaired) electrons. The first-order chi connectivity index (χ1) is 11.2. The van der Waals surface area contributed by atoms with E-state index in [0.717, 1.165) is 0 Å². The van der Waals surface area contributed by atoms with E-state index in [4.69, 9.17) is 25.5 Å². The molecule has 0 aliphatic rings. The van der Waals surface area contributed by atoms with E-state index in [1.54, 1.807) is 0 Å². The van der Waals surface area contributed by atoms with E-state index >= 15 is 0 Å². The molecular formula is C12H15NaO13. The maximum atomic E-state index is 11.7. The number of aliphatic carboxylic acids is 5. The Labute approximate surface area is 167 Å². The summed E-state index contributed by atoms with van der Waals surface area (Å²) in [5, 5.41) is 53.5. The Hall–Kier alpha value is -2.22. The fourth-order valence-electron chi connectivity index (χ4n) is 1.77. The minimum Gasteiger partial charge on any atom is -1.00 e. The molecule has 0 amide bonds. The van der Waals surface area contributed by atoms with Crippen molar-refractivity contribution in [3.05, 3.63) is 0 Å². The van der Waals surface area contributed by atoms with Crippen LogP contribution in [0.1, 0.15) is 27.1 Å². The van der Waals surface area contributed by atoms with Crippen molar-refractivity contribution in [2.45, 2.75) is 36.9 Å². The fraction of sp³-hybridized carbons (Fsp3) is 0.500. The summed E-state index contributed by atoms with van der Waals surface area (Å²) in [5.74, 6) is -11.6. The number of carbonyl (C=O) groups excluding carboxylic acids is 1. The largest absolute Gasteiger partial charge is 1.00 e. The second-order valence-corrected chi connectivity index (χ2v) is 5.00. The summed E-state index contributed by atoms with van der Waals surface area (Å²) in [5.41, 5.74) is -6.24. The third-order valence-electron chi connectivity index (χ3n) is 2.85. The average molecular weight is 390 g/mol. The van der Waals surface area contributed by atoms with Gasteiger partial charge in [-0.05, 0) is 0 Å². The van der Waals surface area contributed by atoms with Crippen LogP contribution >= 0.6 is 0 Å². The van der Waals surface area contributed by atoms with Crippen LogP contribution in [0.4, 0.5) is 0 Å². The first-order valence-corrected chi connectivity index (χ1v) is 6.30. The van der Waals surface area contributed by atoms with Crippen molar-refractivity contribution in [2.24, 2.45) is 0 Å². The van der Waals surface area contributed by atoms with Crippen molar-refractivity contribution >= 4 is 35.8 Å². The Morgan fingerprint density at radius 2 is 1.08 bits per heavy atom. The molecule has 6 N–H and O–H groups in total. The predicted molar refractivity (Wildman–Crippen MR) is 71.5 cm³/mol. The van der Waals surface area contributed by atoms with E-state index in [-0.39, 0.29) is 31.0 Å². The van der Waals surface area contributed by atoms with Gasteiger partial charge in [0.1, 0.15) is 0 Å². The number of aliphatic hydroxyl groups is 1. The van der Waals surface area contributed by atoms with Gasteiger partial charge in [0.05, 0.1) is 25.7 Å². The van der Waals surface area contributed by atoms with Gasteiger partial charge in [0, 0.05) is 0 Å². The molecule has 0 bridgehead atoms. The molecular weight excluding hydrogens is 375 g/mol. The smallest absolute Gasteiger partial charge is 1.00 e. The number of carboxylic acids is 5. The summed E-state index contributed by atoms with van der Waals surface area (Å²) in [6.07, 6.45) is -5.94. The molecule has 0 saturated heterocycles. The molecule has 0 saturated carbocycles. The normalized spacial score (nSPS) is 12.8. The summed E-state index contributed by atoms with van der Waals surface area (Å²) >= 11 is 0. The Bertz CT molecular complexity index is 602. The second kappa shape index (κ2) is 10.1. The Kier molecular flexibility index (Phi) is 10.1. The van der Waals surface area contributed by atoms with E-state index < -0.39 is 72.7 Å². The molecule has 0 aliphatic carbocycles. The molecule has 0 aromatic heterocycles. The number of carboxylic acid groups (broad SMARTS) is 5. The molecule has 0 heterocycles. The average Bonchev–Trinajstić information content (AvgIpc) is 2.34. The first-order valence-electron chi connectivity index (χ1n) is 6.30. The third kappa shape index (κ3) is 7.77. The maximum Gasteiger partial charge on any atom is 1.00 e. The topological polar surface area (TPSA) is 233 Å². The molecule has 0 aromatic rings. The van der Waals surface area contributed by atoms with Crippen molar-refractivity contribution in [3.8, 4) is 0 Å². The van der Waals surface area contributed by atoms with Crippen LogP contribution in [0.2, 0.25) is 0 Å². The quantitative estimate of drug-likeness (QED) is 0.143. The van der Waals surface area contributed by atoms with Gasteiger partial charge in [-0.25, -0.2) is 9.59 Å². The van der Waals surface area contributed by atoms with Gasteiger partial charge in [-0.15, -0.1) is 0 Å². The molecule has 1 atom stereocenters. The fourth-order valence-corrected chi connectivity index (χ4v) is 1.77. The Balaban J connectivity index is -0.00000288. The van der Waals surface area contributed by atoms with Crippen molar-refractivity contribution < 1.29 is 95.1 Å². The van der Waals surface area contributed by atoms with E-state index in [0.29, 0.717) is 0 Å². The maximum absolute atomic E-state index is 11.7. The van der Waals surface area contributed by atoms with Crippen LogP contribution in [0, 0.1) is 0 Å². The molecule has 142 valence electrons. The number of carbonyl (C=O) groups is 6. The first kappa shape index (κ1) is 26.0. The van der Waals surface area contributed by atoms with Crippen LogP contribution in [0.5, 0.6) is 0 Å². The van der Waals surface area contributed by atoms with Crippen molar-refractivity contribution in [2.75, 3.05) is 0 Å². The summed E-state index contributed by atoms with van der Waals surface area (Å²) < 4.78 is 4.33. The molecule has 26 heavy (non-hydrogen) atoms. The summed E-state index contributed by atoms with van der Waals surface area (Å²) in [4.78, 5) is 66.0. The standard InChI is InChI=1S/C12H14O13.Na.H/c13-5(14)1-11(24,9(20)21)4-8(19)25-12(10(22)23,2-6(15)16)3-7(17)18;;/h24H,1-4H2,(H,13,14)(H,15,16)(H,17,18)(H,20,21)(H,22,23);;/q;+1;-1. The number of hydrogen-bond donors (Lipinski definition) is 6. The Morgan fingerprint density at radius 3 is 1.35 bits per heavy atom. The zero-order valence-electron chi connectivity index (χ0n) is 14.4. The van der Waals surface area contributed by atoms with E-state index in [9.17, 15) is 33.9 Å². The minimum atomic E-state index is -3.17. The number of esters is 1. The Morgan fingerprint density at radius 1 is 0.692 bits per heavy atom. The number of ether oxygens (including phenoxy) is 1. The SMILES string of the molecule is O=C(O)CC(O)(CC(=O)OC(CC(=O)O)(CC(=O)O)C(=O)O)C(=O)O.[H-].[Na+]. The summed E-state index contributed by atoms with van der Waals surface area (Å²) in [6.45, 7) is 0. The molecule has 1 unspecified atom stereocenters.